The highest BCUT2D eigenvalue weighted by molar-refractivity contribution is 7.99. The molecule has 0 saturated carbocycles. The molecule has 0 radical (unpaired) electrons. The van der Waals surface area contributed by atoms with Crippen molar-refractivity contribution in [3.63, 3.8) is 0 Å². The monoisotopic (exact) mass is 286 g/mol. The van der Waals surface area contributed by atoms with Crippen LogP contribution in [0, 0.1) is 17.1 Å². The van der Waals surface area contributed by atoms with Crippen LogP contribution in [0.2, 0.25) is 0 Å². The second kappa shape index (κ2) is 7.68. The summed E-state index contributed by atoms with van der Waals surface area (Å²) in [4.78, 5) is 1.24. The summed E-state index contributed by atoms with van der Waals surface area (Å²) in [7, 11) is 0. The maximum atomic E-state index is 13.6. The molecule has 0 amide bonds. The van der Waals surface area contributed by atoms with Gasteiger partial charge in [-0.25, -0.2) is 4.39 Å². The summed E-state index contributed by atoms with van der Waals surface area (Å²) in [6.45, 7) is 1.28. The van der Waals surface area contributed by atoms with Gasteiger partial charge in [0.05, 0.1) is 11.6 Å². The number of benzene rings is 2. The third-order valence-corrected chi connectivity index (χ3v) is 3.80. The maximum absolute atomic E-state index is 13.6. The van der Waals surface area contributed by atoms with E-state index in [1.165, 1.54) is 11.0 Å². The van der Waals surface area contributed by atoms with E-state index in [2.05, 4.69) is 17.4 Å². The minimum Gasteiger partial charge on any atom is -0.312 e. The van der Waals surface area contributed by atoms with Gasteiger partial charge in [0.25, 0.3) is 0 Å². The van der Waals surface area contributed by atoms with Gasteiger partial charge in [0.2, 0.25) is 0 Å². The number of rotatable bonds is 6. The topological polar surface area (TPSA) is 35.8 Å². The van der Waals surface area contributed by atoms with Crippen molar-refractivity contribution in [2.45, 2.75) is 11.4 Å². The lowest BCUT2D eigenvalue weighted by Gasteiger charge is -2.06. The van der Waals surface area contributed by atoms with Crippen molar-refractivity contribution in [1.29, 1.82) is 5.26 Å². The number of hydrogen-bond donors (Lipinski definition) is 1. The fourth-order valence-corrected chi connectivity index (χ4v) is 2.57. The van der Waals surface area contributed by atoms with Gasteiger partial charge < -0.3 is 5.32 Å². The summed E-state index contributed by atoms with van der Waals surface area (Å²) in [5, 5.41) is 11.9. The second-order valence-corrected chi connectivity index (χ2v) is 5.42. The first-order valence-corrected chi connectivity index (χ1v) is 7.35. The Kier molecular flexibility index (Phi) is 5.60. The molecule has 102 valence electrons. The Bertz CT molecular complexity index is 593. The van der Waals surface area contributed by atoms with Gasteiger partial charge in [0.15, 0.2) is 0 Å². The molecule has 0 aliphatic rings. The maximum Gasteiger partial charge on any atom is 0.129 e. The summed E-state index contributed by atoms with van der Waals surface area (Å²) < 4.78 is 13.6. The van der Waals surface area contributed by atoms with Crippen LogP contribution in [0.4, 0.5) is 4.39 Å². The molecule has 0 unspecified atom stereocenters. The molecule has 1 N–H and O–H groups in total. The first kappa shape index (κ1) is 14.6. The Morgan fingerprint density at radius 1 is 1.15 bits per heavy atom. The summed E-state index contributed by atoms with van der Waals surface area (Å²) >= 11 is 1.77. The zero-order valence-corrected chi connectivity index (χ0v) is 11.8. The highest BCUT2D eigenvalue weighted by Crippen LogP contribution is 2.16. The molecule has 0 spiro atoms. The quantitative estimate of drug-likeness (QED) is 0.651. The summed E-state index contributed by atoms with van der Waals surface area (Å²) in [5.74, 6) is 0.606. The predicted octanol–water partition coefficient (Wildman–Crippen LogP) is 3.58. The van der Waals surface area contributed by atoms with E-state index in [1.807, 2.05) is 24.3 Å². The lowest BCUT2D eigenvalue weighted by atomic mass is 10.1. The van der Waals surface area contributed by atoms with E-state index in [0.29, 0.717) is 17.7 Å². The van der Waals surface area contributed by atoms with E-state index < -0.39 is 0 Å². The van der Waals surface area contributed by atoms with Gasteiger partial charge in [-0.3, -0.25) is 0 Å². The van der Waals surface area contributed by atoms with Crippen LogP contribution in [0.3, 0.4) is 0 Å². The number of nitrogens with one attached hydrogen (secondary N) is 1. The number of hydrogen-bond acceptors (Lipinski definition) is 3. The Morgan fingerprint density at radius 3 is 2.65 bits per heavy atom. The standard InChI is InChI=1S/C16H15FN2S/c17-16-10-13(11-18)6-7-14(16)12-19-8-9-20-15-4-2-1-3-5-15/h1-7,10,19H,8-9,12H2. The van der Waals surface area contributed by atoms with E-state index in [9.17, 15) is 4.39 Å². The Labute approximate surface area is 122 Å². The van der Waals surface area contributed by atoms with Crippen molar-refractivity contribution >= 4 is 11.8 Å². The fraction of sp³-hybridized carbons (Fsp3) is 0.188. The molecule has 2 aromatic carbocycles. The van der Waals surface area contributed by atoms with Crippen LogP contribution in [-0.4, -0.2) is 12.3 Å². The van der Waals surface area contributed by atoms with Crippen molar-refractivity contribution in [1.82, 2.24) is 5.32 Å². The molecule has 0 aliphatic carbocycles. The molecule has 0 heterocycles. The number of nitrogens with zero attached hydrogens (tertiary/aromatic N) is 1. The van der Waals surface area contributed by atoms with Crippen molar-refractivity contribution in [2.75, 3.05) is 12.3 Å². The van der Waals surface area contributed by atoms with Gasteiger partial charge in [-0.15, -0.1) is 11.8 Å². The fourth-order valence-electron chi connectivity index (χ4n) is 1.74. The molecule has 2 nitrogen and oxygen atoms in total. The van der Waals surface area contributed by atoms with Gasteiger partial charge in [-0.1, -0.05) is 24.3 Å². The molecule has 0 aromatic heterocycles. The molecule has 0 atom stereocenters. The minimum absolute atomic E-state index is 0.327. The summed E-state index contributed by atoms with van der Waals surface area (Å²) in [5.41, 5.74) is 0.944. The second-order valence-electron chi connectivity index (χ2n) is 4.26. The van der Waals surface area contributed by atoms with Crippen LogP contribution in [0.25, 0.3) is 0 Å². The predicted molar refractivity (Wildman–Crippen MR) is 80.0 cm³/mol. The van der Waals surface area contributed by atoms with E-state index in [0.717, 1.165) is 12.3 Å². The molecule has 20 heavy (non-hydrogen) atoms. The molecule has 2 rings (SSSR count). The smallest absolute Gasteiger partial charge is 0.129 e. The third kappa shape index (κ3) is 4.37. The van der Waals surface area contributed by atoms with Crippen molar-refractivity contribution in [3.05, 3.63) is 65.5 Å². The molecule has 0 saturated heterocycles. The molecule has 2 aromatic rings. The lowest BCUT2D eigenvalue weighted by molar-refractivity contribution is 0.593. The first-order chi connectivity index (χ1) is 9.79. The first-order valence-electron chi connectivity index (χ1n) is 6.36. The normalized spacial score (nSPS) is 10.2. The van der Waals surface area contributed by atoms with E-state index in [-0.39, 0.29) is 5.82 Å². The third-order valence-electron chi connectivity index (χ3n) is 2.79. The average molecular weight is 286 g/mol. The van der Waals surface area contributed by atoms with Gasteiger partial charge in [-0.05, 0) is 24.3 Å². The van der Waals surface area contributed by atoms with E-state index in [1.54, 1.807) is 23.9 Å². The van der Waals surface area contributed by atoms with Crippen LogP contribution in [0.1, 0.15) is 11.1 Å². The Morgan fingerprint density at radius 2 is 1.95 bits per heavy atom. The molecule has 4 heteroatoms. The van der Waals surface area contributed by atoms with Crippen LogP contribution in [-0.2, 0) is 6.54 Å². The zero-order chi connectivity index (χ0) is 14.2. The molecule has 0 bridgehead atoms. The molecule has 0 fully saturated rings. The van der Waals surface area contributed by atoms with E-state index in [4.69, 9.17) is 5.26 Å². The summed E-state index contributed by atoms with van der Waals surface area (Å²) in [6.07, 6.45) is 0. The Balaban J connectivity index is 1.72. The van der Waals surface area contributed by atoms with Gasteiger partial charge in [0.1, 0.15) is 5.82 Å². The van der Waals surface area contributed by atoms with Crippen LogP contribution >= 0.6 is 11.8 Å². The highest BCUT2D eigenvalue weighted by Gasteiger charge is 2.02. The lowest BCUT2D eigenvalue weighted by Crippen LogP contribution is -2.17. The van der Waals surface area contributed by atoms with Gasteiger partial charge in [0, 0.05) is 29.3 Å². The minimum atomic E-state index is -0.327. The SMILES string of the molecule is N#Cc1ccc(CNCCSc2ccccc2)c(F)c1. The van der Waals surface area contributed by atoms with Crippen molar-refractivity contribution in [3.8, 4) is 6.07 Å². The number of halogens is 1. The summed E-state index contributed by atoms with van der Waals surface area (Å²) in [6, 6.07) is 16.7. The van der Waals surface area contributed by atoms with Crippen LogP contribution < -0.4 is 5.32 Å². The van der Waals surface area contributed by atoms with Crippen molar-refractivity contribution < 1.29 is 4.39 Å². The van der Waals surface area contributed by atoms with E-state index >= 15 is 0 Å². The molecular weight excluding hydrogens is 271 g/mol. The van der Waals surface area contributed by atoms with Gasteiger partial charge in [-0.2, -0.15) is 5.26 Å². The average Bonchev–Trinajstić information content (AvgIpc) is 2.49. The van der Waals surface area contributed by atoms with Crippen LogP contribution in [0.15, 0.2) is 53.4 Å². The van der Waals surface area contributed by atoms with Crippen LogP contribution in [0.5, 0.6) is 0 Å². The van der Waals surface area contributed by atoms with Gasteiger partial charge >= 0.3 is 0 Å². The highest BCUT2D eigenvalue weighted by atomic mass is 32.2. The van der Waals surface area contributed by atoms with Crippen molar-refractivity contribution in [2.24, 2.45) is 0 Å². The largest absolute Gasteiger partial charge is 0.312 e. The number of thioether (sulfide) groups is 1. The molecule has 0 aliphatic heterocycles. The number of nitriles is 1. The zero-order valence-electron chi connectivity index (χ0n) is 11.0. The molecular formula is C16H15FN2S. The Hall–Kier alpha value is -1.83.